The average Bonchev–Trinajstić information content (AvgIpc) is 2.29. The van der Waals surface area contributed by atoms with Crippen molar-refractivity contribution in [2.45, 2.75) is 38.3 Å². The fraction of sp³-hybridized carbons (Fsp3) is 0.571. The molecule has 2 atom stereocenters. The molecule has 2 rings (SSSR count). The van der Waals surface area contributed by atoms with Gasteiger partial charge in [-0.15, -0.1) is 0 Å². The van der Waals surface area contributed by atoms with Crippen molar-refractivity contribution in [2.75, 3.05) is 13.7 Å². The topological polar surface area (TPSA) is 21.3 Å². The zero-order chi connectivity index (χ0) is 11.4. The van der Waals surface area contributed by atoms with Crippen molar-refractivity contribution < 1.29 is 4.74 Å². The second kappa shape index (κ2) is 5.46. The summed E-state index contributed by atoms with van der Waals surface area (Å²) in [5.41, 5.74) is 3.04. The van der Waals surface area contributed by atoms with Crippen LogP contribution in [-0.4, -0.2) is 25.8 Å². The fourth-order valence-electron chi connectivity index (χ4n) is 2.54. The largest absolute Gasteiger partial charge is 0.383 e. The molecule has 16 heavy (non-hydrogen) atoms. The van der Waals surface area contributed by atoms with E-state index in [1.165, 1.54) is 24.0 Å². The number of nitrogens with one attached hydrogen (secondary N) is 1. The molecule has 0 saturated heterocycles. The van der Waals surface area contributed by atoms with Crippen LogP contribution in [-0.2, 0) is 17.6 Å². The Morgan fingerprint density at radius 2 is 2.12 bits per heavy atom. The maximum Gasteiger partial charge on any atom is 0.0613 e. The summed E-state index contributed by atoms with van der Waals surface area (Å²) in [6.07, 6.45) is 3.60. The molecular weight excluding hydrogens is 198 g/mol. The predicted octanol–water partition coefficient (Wildman–Crippen LogP) is 2.17. The molecular formula is C14H21NO. The van der Waals surface area contributed by atoms with Crippen molar-refractivity contribution in [1.29, 1.82) is 0 Å². The summed E-state index contributed by atoms with van der Waals surface area (Å²) in [6, 6.07) is 9.84. The van der Waals surface area contributed by atoms with Gasteiger partial charge in [-0.05, 0) is 37.3 Å². The molecule has 0 unspecified atom stereocenters. The number of hydrogen-bond donors (Lipinski definition) is 1. The van der Waals surface area contributed by atoms with Gasteiger partial charge in [-0.1, -0.05) is 24.3 Å². The van der Waals surface area contributed by atoms with Gasteiger partial charge in [0.05, 0.1) is 6.61 Å². The van der Waals surface area contributed by atoms with Gasteiger partial charge < -0.3 is 10.1 Å². The minimum absolute atomic E-state index is 0.445. The summed E-state index contributed by atoms with van der Waals surface area (Å²) >= 11 is 0. The van der Waals surface area contributed by atoms with Gasteiger partial charge in [0.1, 0.15) is 0 Å². The lowest BCUT2D eigenvalue weighted by atomic mass is 9.88. The first-order valence-electron chi connectivity index (χ1n) is 6.11. The van der Waals surface area contributed by atoms with E-state index in [9.17, 15) is 0 Å². The summed E-state index contributed by atoms with van der Waals surface area (Å²) in [5, 5.41) is 3.64. The third kappa shape index (κ3) is 2.83. The van der Waals surface area contributed by atoms with Crippen LogP contribution in [0, 0.1) is 0 Å². The second-order valence-electron chi connectivity index (χ2n) is 4.73. The van der Waals surface area contributed by atoms with Crippen molar-refractivity contribution in [3.8, 4) is 0 Å². The van der Waals surface area contributed by atoms with Gasteiger partial charge in [0.2, 0.25) is 0 Å². The molecule has 0 fully saturated rings. The van der Waals surface area contributed by atoms with Gasteiger partial charge >= 0.3 is 0 Å². The molecule has 2 heteroatoms. The molecule has 1 N–H and O–H groups in total. The molecule has 0 bridgehead atoms. The normalized spacial score (nSPS) is 21.5. The van der Waals surface area contributed by atoms with Crippen LogP contribution in [0.2, 0.25) is 0 Å². The van der Waals surface area contributed by atoms with Gasteiger partial charge in [-0.2, -0.15) is 0 Å². The lowest BCUT2D eigenvalue weighted by Crippen LogP contribution is -2.42. The highest BCUT2D eigenvalue weighted by Gasteiger charge is 2.19. The Morgan fingerprint density at radius 3 is 2.88 bits per heavy atom. The van der Waals surface area contributed by atoms with E-state index in [0.717, 1.165) is 13.0 Å². The first-order chi connectivity index (χ1) is 7.79. The third-order valence-corrected chi connectivity index (χ3v) is 3.28. The Balaban J connectivity index is 1.92. The predicted molar refractivity (Wildman–Crippen MR) is 66.7 cm³/mol. The van der Waals surface area contributed by atoms with E-state index >= 15 is 0 Å². The van der Waals surface area contributed by atoms with Crippen LogP contribution in [0.4, 0.5) is 0 Å². The molecule has 0 saturated carbocycles. The van der Waals surface area contributed by atoms with Gasteiger partial charge in [-0.25, -0.2) is 0 Å². The van der Waals surface area contributed by atoms with Crippen molar-refractivity contribution in [1.82, 2.24) is 5.32 Å². The van der Waals surface area contributed by atoms with Crippen LogP contribution in [0.5, 0.6) is 0 Å². The number of methoxy groups -OCH3 is 1. The Morgan fingerprint density at radius 1 is 1.38 bits per heavy atom. The fourth-order valence-corrected chi connectivity index (χ4v) is 2.54. The highest BCUT2D eigenvalue weighted by molar-refractivity contribution is 5.30. The summed E-state index contributed by atoms with van der Waals surface area (Å²) in [4.78, 5) is 0. The minimum atomic E-state index is 0.445. The number of rotatable bonds is 4. The van der Waals surface area contributed by atoms with Crippen molar-refractivity contribution in [3.05, 3.63) is 35.4 Å². The van der Waals surface area contributed by atoms with Gasteiger partial charge in [0.15, 0.2) is 0 Å². The minimum Gasteiger partial charge on any atom is -0.383 e. The van der Waals surface area contributed by atoms with E-state index in [-0.39, 0.29) is 0 Å². The lowest BCUT2D eigenvalue weighted by molar-refractivity contribution is 0.165. The van der Waals surface area contributed by atoms with Gasteiger partial charge in [0.25, 0.3) is 0 Å². The molecule has 88 valence electrons. The van der Waals surface area contributed by atoms with Crippen LogP contribution in [0.15, 0.2) is 24.3 Å². The van der Waals surface area contributed by atoms with Crippen LogP contribution in [0.1, 0.15) is 24.5 Å². The van der Waals surface area contributed by atoms with Gasteiger partial charge in [0, 0.05) is 19.2 Å². The summed E-state index contributed by atoms with van der Waals surface area (Å²) in [7, 11) is 1.76. The number of ether oxygens (including phenoxy) is 1. The number of fused-ring (bicyclic) bond motifs is 1. The monoisotopic (exact) mass is 219 g/mol. The standard InChI is InChI=1S/C14H21NO/c1-11(10-16-2)15-14-8-7-12-5-3-4-6-13(12)9-14/h3-6,11,14-15H,7-10H2,1-2H3/t11-,14-/m0/s1. The van der Waals surface area contributed by atoms with Gasteiger partial charge in [-0.3, -0.25) is 0 Å². The first kappa shape index (κ1) is 11.6. The summed E-state index contributed by atoms with van der Waals surface area (Å²) in [6.45, 7) is 2.97. The van der Waals surface area contributed by atoms with E-state index in [2.05, 4.69) is 36.5 Å². The maximum atomic E-state index is 5.15. The van der Waals surface area contributed by atoms with E-state index in [4.69, 9.17) is 4.74 Å². The summed E-state index contributed by atoms with van der Waals surface area (Å²) < 4.78 is 5.15. The molecule has 2 nitrogen and oxygen atoms in total. The zero-order valence-electron chi connectivity index (χ0n) is 10.2. The number of benzene rings is 1. The van der Waals surface area contributed by atoms with Crippen LogP contribution >= 0.6 is 0 Å². The lowest BCUT2D eigenvalue weighted by Gasteiger charge is -2.28. The molecule has 0 aromatic heterocycles. The van der Waals surface area contributed by atoms with E-state index in [1.54, 1.807) is 7.11 Å². The Labute approximate surface area is 98.0 Å². The molecule has 0 radical (unpaired) electrons. The Bertz CT molecular complexity index is 337. The molecule has 0 heterocycles. The van der Waals surface area contributed by atoms with Crippen molar-refractivity contribution >= 4 is 0 Å². The van der Waals surface area contributed by atoms with E-state index in [0.29, 0.717) is 12.1 Å². The van der Waals surface area contributed by atoms with Crippen LogP contribution in [0.25, 0.3) is 0 Å². The number of hydrogen-bond acceptors (Lipinski definition) is 2. The van der Waals surface area contributed by atoms with Crippen LogP contribution < -0.4 is 5.32 Å². The third-order valence-electron chi connectivity index (χ3n) is 3.28. The number of aryl methyl sites for hydroxylation is 1. The summed E-state index contributed by atoms with van der Waals surface area (Å²) in [5.74, 6) is 0. The zero-order valence-corrected chi connectivity index (χ0v) is 10.2. The second-order valence-corrected chi connectivity index (χ2v) is 4.73. The molecule has 0 spiro atoms. The molecule has 1 aromatic carbocycles. The molecule has 0 amide bonds. The molecule has 0 aliphatic heterocycles. The highest BCUT2D eigenvalue weighted by atomic mass is 16.5. The van der Waals surface area contributed by atoms with E-state index < -0.39 is 0 Å². The molecule has 1 aliphatic carbocycles. The molecule has 1 aromatic rings. The first-order valence-corrected chi connectivity index (χ1v) is 6.11. The Kier molecular flexibility index (Phi) is 3.97. The van der Waals surface area contributed by atoms with Crippen LogP contribution in [0.3, 0.4) is 0 Å². The average molecular weight is 219 g/mol. The Hall–Kier alpha value is -0.860. The SMILES string of the molecule is COC[C@H](C)N[C@H]1CCc2ccccc2C1. The van der Waals surface area contributed by atoms with E-state index in [1.807, 2.05) is 0 Å². The maximum absolute atomic E-state index is 5.15. The van der Waals surface area contributed by atoms with Crippen molar-refractivity contribution in [2.24, 2.45) is 0 Å². The smallest absolute Gasteiger partial charge is 0.0613 e. The highest BCUT2D eigenvalue weighted by Crippen LogP contribution is 2.21. The quantitative estimate of drug-likeness (QED) is 0.838. The van der Waals surface area contributed by atoms with Crippen molar-refractivity contribution in [3.63, 3.8) is 0 Å². The molecule has 1 aliphatic rings.